The molecule has 118 valence electrons. The molecule has 0 aromatic carbocycles. The van der Waals surface area contributed by atoms with Crippen LogP contribution in [0.1, 0.15) is 65.2 Å². The fourth-order valence-corrected chi connectivity index (χ4v) is 3.75. The van der Waals surface area contributed by atoms with E-state index in [2.05, 4.69) is 24.1 Å². The molecule has 20 heavy (non-hydrogen) atoms. The van der Waals surface area contributed by atoms with Gasteiger partial charge in [0.15, 0.2) is 0 Å². The molecule has 0 aromatic heterocycles. The van der Waals surface area contributed by atoms with Crippen molar-refractivity contribution in [1.82, 2.24) is 10.2 Å². The fourth-order valence-electron chi connectivity index (χ4n) is 3.75. The maximum Gasteiger partial charge on any atom is 0.0431 e. The van der Waals surface area contributed by atoms with E-state index in [0.717, 1.165) is 18.5 Å². The highest BCUT2D eigenvalue weighted by Gasteiger charge is 2.33. The Morgan fingerprint density at radius 2 is 2.10 bits per heavy atom. The van der Waals surface area contributed by atoms with Crippen molar-refractivity contribution < 1.29 is 5.11 Å². The van der Waals surface area contributed by atoms with Crippen molar-refractivity contribution in [1.29, 1.82) is 0 Å². The van der Waals surface area contributed by atoms with Crippen molar-refractivity contribution in [3.8, 4) is 0 Å². The van der Waals surface area contributed by atoms with Gasteiger partial charge in [0.25, 0.3) is 0 Å². The predicted octanol–water partition coefficient (Wildman–Crippen LogP) is 2.78. The number of likely N-dealkylation sites (tertiary alicyclic amines) is 1. The average molecular weight is 282 g/mol. The molecule has 2 aliphatic rings. The molecule has 2 N–H and O–H groups in total. The second-order valence-corrected chi connectivity index (χ2v) is 7.35. The zero-order valence-corrected chi connectivity index (χ0v) is 13.5. The molecule has 2 atom stereocenters. The lowest BCUT2D eigenvalue weighted by Crippen LogP contribution is -2.44. The Hall–Kier alpha value is -0.120. The van der Waals surface area contributed by atoms with Crippen LogP contribution in [0.15, 0.2) is 0 Å². The van der Waals surface area contributed by atoms with E-state index in [0.29, 0.717) is 12.0 Å². The first-order valence-corrected chi connectivity index (χ1v) is 8.75. The van der Waals surface area contributed by atoms with Gasteiger partial charge in [-0.3, -0.25) is 4.90 Å². The molecule has 0 aromatic rings. The van der Waals surface area contributed by atoms with Crippen LogP contribution in [0.4, 0.5) is 0 Å². The standard InChI is InChI=1S/C17H34N2O/c1-3-10-17(2,13-18-15-8-9-15)14-19-11-4-6-16(19)7-5-12-20/h15-16,18,20H,3-14H2,1-2H3. The molecule has 0 spiro atoms. The van der Waals surface area contributed by atoms with Gasteiger partial charge in [0.05, 0.1) is 0 Å². The lowest BCUT2D eigenvalue weighted by molar-refractivity contribution is 0.129. The molecule has 1 saturated heterocycles. The number of aliphatic hydroxyl groups excluding tert-OH is 1. The van der Waals surface area contributed by atoms with E-state index < -0.39 is 0 Å². The van der Waals surface area contributed by atoms with Gasteiger partial charge in [0, 0.05) is 31.8 Å². The number of aliphatic hydroxyl groups is 1. The van der Waals surface area contributed by atoms with Crippen molar-refractivity contribution >= 4 is 0 Å². The number of nitrogens with one attached hydrogen (secondary N) is 1. The fraction of sp³-hybridized carbons (Fsp3) is 1.00. The lowest BCUT2D eigenvalue weighted by atomic mass is 9.84. The van der Waals surface area contributed by atoms with Gasteiger partial charge < -0.3 is 10.4 Å². The Kier molecular flexibility index (Phi) is 6.31. The zero-order chi connectivity index (χ0) is 14.4. The highest BCUT2D eigenvalue weighted by molar-refractivity contribution is 4.90. The molecule has 2 rings (SSSR count). The minimum absolute atomic E-state index is 0.347. The van der Waals surface area contributed by atoms with E-state index in [4.69, 9.17) is 5.11 Å². The summed E-state index contributed by atoms with van der Waals surface area (Å²) in [4.78, 5) is 2.71. The summed E-state index contributed by atoms with van der Waals surface area (Å²) in [5.41, 5.74) is 0.416. The van der Waals surface area contributed by atoms with Crippen molar-refractivity contribution in [3.63, 3.8) is 0 Å². The van der Waals surface area contributed by atoms with Gasteiger partial charge in [-0.05, 0) is 56.9 Å². The minimum Gasteiger partial charge on any atom is -0.396 e. The molecule has 0 amide bonds. The molecule has 1 aliphatic heterocycles. The number of nitrogens with zero attached hydrogens (tertiary/aromatic N) is 1. The minimum atomic E-state index is 0.347. The summed E-state index contributed by atoms with van der Waals surface area (Å²) in [6, 6.07) is 1.54. The summed E-state index contributed by atoms with van der Waals surface area (Å²) < 4.78 is 0. The van der Waals surface area contributed by atoms with Crippen LogP contribution in [0.3, 0.4) is 0 Å². The first-order chi connectivity index (χ1) is 9.67. The third-order valence-electron chi connectivity index (χ3n) is 5.03. The van der Waals surface area contributed by atoms with Gasteiger partial charge in [-0.15, -0.1) is 0 Å². The topological polar surface area (TPSA) is 35.5 Å². The maximum atomic E-state index is 9.05. The van der Waals surface area contributed by atoms with Crippen LogP contribution in [0.25, 0.3) is 0 Å². The van der Waals surface area contributed by atoms with Gasteiger partial charge in [-0.1, -0.05) is 20.3 Å². The van der Waals surface area contributed by atoms with Crippen LogP contribution >= 0.6 is 0 Å². The van der Waals surface area contributed by atoms with Crippen LogP contribution in [0, 0.1) is 5.41 Å². The van der Waals surface area contributed by atoms with Gasteiger partial charge >= 0.3 is 0 Å². The highest BCUT2D eigenvalue weighted by Crippen LogP contribution is 2.31. The van der Waals surface area contributed by atoms with Crippen LogP contribution < -0.4 is 5.32 Å². The van der Waals surface area contributed by atoms with E-state index in [1.165, 1.54) is 64.6 Å². The van der Waals surface area contributed by atoms with E-state index in [1.54, 1.807) is 0 Å². The summed E-state index contributed by atoms with van der Waals surface area (Å²) in [7, 11) is 0. The Morgan fingerprint density at radius 3 is 2.75 bits per heavy atom. The van der Waals surface area contributed by atoms with Crippen molar-refractivity contribution in [2.45, 2.75) is 77.3 Å². The Bertz CT molecular complexity index is 280. The van der Waals surface area contributed by atoms with E-state index in [-0.39, 0.29) is 0 Å². The highest BCUT2D eigenvalue weighted by atomic mass is 16.2. The van der Waals surface area contributed by atoms with E-state index in [1.807, 2.05) is 0 Å². The van der Waals surface area contributed by atoms with Crippen LogP contribution in [-0.2, 0) is 0 Å². The second-order valence-electron chi connectivity index (χ2n) is 7.35. The molecular formula is C17H34N2O. The van der Waals surface area contributed by atoms with Gasteiger partial charge in [0.2, 0.25) is 0 Å². The van der Waals surface area contributed by atoms with Gasteiger partial charge in [0.1, 0.15) is 0 Å². The molecule has 1 heterocycles. The SMILES string of the molecule is CCCC(C)(CNC1CC1)CN1CCCC1CCCO. The van der Waals surface area contributed by atoms with Crippen LogP contribution in [-0.4, -0.2) is 48.3 Å². The predicted molar refractivity (Wildman–Crippen MR) is 85.0 cm³/mol. The molecular weight excluding hydrogens is 248 g/mol. The van der Waals surface area contributed by atoms with Gasteiger partial charge in [-0.2, -0.15) is 0 Å². The van der Waals surface area contributed by atoms with Crippen molar-refractivity contribution in [3.05, 3.63) is 0 Å². The molecule has 1 saturated carbocycles. The Morgan fingerprint density at radius 1 is 1.30 bits per heavy atom. The molecule has 3 heteroatoms. The quantitative estimate of drug-likeness (QED) is 0.647. The summed E-state index contributed by atoms with van der Waals surface area (Å²) >= 11 is 0. The van der Waals surface area contributed by atoms with E-state index in [9.17, 15) is 0 Å². The summed E-state index contributed by atoms with van der Waals surface area (Å²) in [5.74, 6) is 0. The molecule has 0 radical (unpaired) electrons. The largest absolute Gasteiger partial charge is 0.396 e. The normalized spacial score (nSPS) is 26.9. The molecule has 3 nitrogen and oxygen atoms in total. The van der Waals surface area contributed by atoms with Crippen LogP contribution in [0.5, 0.6) is 0 Å². The van der Waals surface area contributed by atoms with Crippen LogP contribution in [0.2, 0.25) is 0 Å². The number of rotatable bonds is 10. The average Bonchev–Trinajstić information content (AvgIpc) is 3.16. The van der Waals surface area contributed by atoms with Crippen molar-refractivity contribution in [2.24, 2.45) is 5.41 Å². The number of hydrogen-bond donors (Lipinski definition) is 2. The Labute approximate surface area is 125 Å². The molecule has 2 fully saturated rings. The molecule has 0 bridgehead atoms. The summed E-state index contributed by atoms with van der Waals surface area (Å²) in [6.45, 7) is 8.79. The molecule has 1 aliphatic carbocycles. The third kappa shape index (κ3) is 5.01. The smallest absolute Gasteiger partial charge is 0.0431 e. The first kappa shape index (κ1) is 16.3. The third-order valence-corrected chi connectivity index (χ3v) is 5.03. The monoisotopic (exact) mass is 282 g/mol. The maximum absolute atomic E-state index is 9.05. The summed E-state index contributed by atoms with van der Waals surface area (Å²) in [5, 5.41) is 12.8. The van der Waals surface area contributed by atoms with Gasteiger partial charge in [-0.25, -0.2) is 0 Å². The summed E-state index contributed by atoms with van der Waals surface area (Å²) in [6.07, 6.45) is 10.2. The first-order valence-electron chi connectivity index (χ1n) is 8.75. The number of hydrogen-bond acceptors (Lipinski definition) is 3. The van der Waals surface area contributed by atoms with E-state index >= 15 is 0 Å². The Balaban J connectivity index is 1.84. The van der Waals surface area contributed by atoms with Crippen molar-refractivity contribution in [2.75, 3.05) is 26.2 Å². The second kappa shape index (κ2) is 7.77. The molecule has 2 unspecified atom stereocenters. The zero-order valence-electron chi connectivity index (χ0n) is 13.5. The lowest BCUT2D eigenvalue weighted by Gasteiger charge is -2.37.